The number of aromatic hydroxyl groups is 1. The van der Waals surface area contributed by atoms with E-state index in [9.17, 15) is 15.0 Å². The molecule has 1 aromatic heterocycles. The van der Waals surface area contributed by atoms with E-state index < -0.39 is 11.6 Å². The number of rotatable bonds is 3. The van der Waals surface area contributed by atoms with E-state index in [2.05, 4.69) is 10.1 Å². The fraction of sp³-hybridized carbons (Fsp3) is 0.235. The summed E-state index contributed by atoms with van der Waals surface area (Å²) in [6, 6.07) is 9.52. The van der Waals surface area contributed by atoms with Crippen LogP contribution in [0.5, 0.6) is 5.75 Å². The molecule has 2 N–H and O–H groups in total. The zero-order chi connectivity index (χ0) is 16.4. The van der Waals surface area contributed by atoms with Crippen molar-refractivity contribution in [3.63, 3.8) is 0 Å². The van der Waals surface area contributed by atoms with E-state index >= 15 is 0 Å². The lowest BCUT2D eigenvalue weighted by atomic mass is 9.97. The van der Waals surface area contributed by atoms with E-state index in [1.165, 1.54) is 12.1 Å². The summed E-state index contributed by atoms with van der Waals surface area (Å²) in [6.07, 6.45) is 3.96. The van der Waals surface area contributed by atoms with Crippen LogP contribution >= 0.6 is 0 Å². The molecule has 0 bridgehead atoms. The first kappa shape index (κ1) is 15.2. The van der Waals surface area contributed by atoms with E-state index in [1.54, 1.807) is 36.7 Å². The minimum atomic E-state index is -1.58. The van der Waals surface area contributed by atoms with Crippen molar-refractivity contribution in [2.75, 3.05) is 0 Å². The van der Waals surface area contributed by atoms with E-state index in [0.717, 1.165) is 5.01 Å². The number of aliphatic hydroxyl groups is 1. The molecule has 1 aliphatic rings. The summed E-state index contributed by atoms with van der Waals surface area (Å²) >= 11 is 0. The normalized spacial score (nSPS) is 20.4. The van der Waals surface area contributed by atoms with Gasteiger partial charge in [0.2, 0.25) is 0 Å². The van der Waals surface area contributed by atoms with Gasteiger partial charge in [0.25, 0.3) is 5.91 Å². The number of hydrogen-bond donors (Lipinski definition) is 2. The molecule has 0 saturated heterocycles. The lowest BCUT2D eigenvalue weighted by molar-refractivity contribution is -0.0766. The Kier molecular flexibility index (Phi) is 3.83. The van der Waals surface area contributed by atoms with Gasteiger partial charge in [-0.1, -0.05) is 19.1 Å². The quantitative estimate of drug-likeness (QED) is 0.910. The summed E-state index contributed by atoms with van der Waals surface area (Å²) in [5.74, 6) is -0.694. The SMILES string of the molecule is CCC1=NN(C(=O)c2ccccc2O)C(O)(c2ccncc2)C1. The molecule has 0 aliphatic carbocycles. The topological polar surface area (TPSA) is 86.0 Å². The van der Waals surface area contributed by atoms with Gasteiger partial charge in [0.05, 0.1) is 5.56 Å². The van der Waals surface area contributed by atoms with Gasteiger partial charge in [0.1, 0.15) is 5.75 Å². The first-order valence-corrected chi connectivity index (χ1v) is 7.38. The number of hydrazone groups is 1. The predicted octanol–water partition coefficient (Wildman–Crippen LogP) is 2.24. The molecule has 118 valence electrons. The van der Waals surface area contributed by atoms with Gasteiger partial charge in [-0.2, -0.15) is 10.1 Å². The van der Waals surface area contributed by atoms with Gasteiger partial charge in [-0.15, -0.1) is 0 Å². The zero-order valence-corrected chi connectivity index (χ0v) is 12.7. The Hall–Kier alpha value is -2.73. The lowest BCUT2D eigenvalue weighted by Gasteiger charge is -2.31. The molecule has 3 rings (SSSR count). The highest BCUT2D eigenvalue weighted by atomic mass is 16.3. The number of para-hydroxylation sites is 1. The first-order valence-electron chi connectivity index (χ1n) is 7.38. The number of nitrogens with zero attached hydrogens (tertiary/aromatic N) is 3. The highest BCUT2D eigenvalue weighted by Gasteiger charge is 2.46. The summed E-state index contributed by atoms with van der Waals surface area (Å²) in [6.45, 7) is 1.92. The summed E-state index contributed by atoms with van der Waals surface area (Å²) in [7, 11) is 0. The third-order valence-electron chi connectivity index (χ3n) is 3.92. The van der Waals surface area contributed by atoms with Crippen LogP contribution in [0.1, 0.15) is 35.7 Å². The molecule has 1 aromatic carbocycles. The van der Waals surface area contributed by atoms with Crippen molar-refractivity contribution in [3.05, 3.63) is 59.9 Å². The number of amides is 1. The molecule has 6 heteroatoms. The van der Waals surface area contributed by atoms with Gasteiger partial charge in [-0.05, 0) is 30.7 Å². The van der Waals surface area contributed by atoms with E-state index in [4.69, 9.17) is 0 Å². The van der Waals surface area contributed by atoms with Crippen molar-refractivity contribution in [3.8, 4) is 5.75 Å². The maximum Gasteiger partial charge on any atom is 0.280 e. The Labute approximate surface area is 133 Å². The van der Waals surface area contributed by atoms with E-state index in [-0.39, 0.29) is 17.7 Å². The predicted molar refractivity (Wildman–Crippen MR) is 84.8 cm³/mol. The second kappa shape index (κ2) is 5.81. The summed E-state index contributed by atoms with van der Waals surface area (Å²) in [4.78, 5) is 16.7. The second-order valence-electron chi connectivity index (χ2n) is 5.38. The molecule has 2 heterocycles. The summed E-state index contributed by atoms with van der Waals surface area (Å²) < 4.78 is 0. The molecule has 1 atom stereocenters. The molecule has 6 nitrogen and oxygen atoms in total. The van der Waals surface area contributed by atoms with Crippen LogP contribution in [0, 0.1) is 0 Å². The molecule has 0 fully saturated rings. The smallest absolute Gasteiger partial charge is 0.280 e. The van der Waals surface area contributed by atoms with Crippen molar-refractivity contribution < 1.29 is 15.0 Å². The zero-order valence-electron chi connectivity index (χ0n) is 12.7. The average Bonchev–Trinajstić information content (AvgIpc) is 2.94. The first-order chi connectivity index (χ1) is 11.1. The number of carbonyl (C=O) groups excluding carboxylic acids is 1. The van der Waals surface area contributed by atoms with E-state index in [0.29, 0.717) is 17.7 Å². The Bertz CT molecular complexity index is 761. The van der Waals surface area contributed by atoms with Gasteiger partial charge < -0.3 is 10.2 Å². The highest BCUT2D eigenvalue weighted by Crippen LogP contribution is 2.37. The van der Waals surface area contributed by atoms with Crippen molar-refractivity contribution in [2.45, 2.75) is 25.5 Å². The Morgan fingerprint density at radius 3 is 2.61 bits per heavy atom. The number of hydrogen-bond acceptors (Lipinski definition) is 5. The molecule has 0 radical (unpaired) electrons. The maximum absolute atomic E-state index is 12.8. The van der Waals surface area contributed by atoms with Gasteiger partial charge in [0, 0.05) is 30.1 Å². The Morgan fingerprint density at radius 2 is 1.96 bits per heavy atom. The van der Waals surface area contributed by atoms with Crippen LogP contribution < -0.4 is 0 Å². The van der Waals surface area contributed by atoms with Gasteiger partial charge in [0.15, 0.2) is 5.72 Å². The molecule has 2 aromatic rings. The van der Waals surface area contributed by atoms with Crippen molar-refractivity contribution in [2.24, 2.45) is 5.10 Å². The van der Waals surface area contributed by atoms with Crippen LogP contribution in [0.25, 0.3) is 0 Å². The van der Waals surface area contributed by atoms with Gasteiger partial charge >= 0.3 is 0 Å². The van der Waals surface area contributed by atoms with Crippen molar-refractivity contribution in [1.29, 1.82) is 0 Å². The van der Waals surface area contributed by atoms with Gasteiger partial charge in [-0.25, -0.2) is 0 Å². The fourth-order valence-corrected chi connectivity index (χ4v) is 2.64. The third-order valence-corrected chi connectivity index (χ3v) is 3.92. The largest absolute Gasteiger partial charge is 0.507 e. The number of aromatic nitrogens is 1. The average molecular weight is 311 g/mol. The third kappa shape index (κ3) is 2.57. The van der Waals surface area contributed by atoms with Crippen LogP contribution in [-0.4, -0.2) is 31.8 Å². The minimum absolute atomic E-state index is 0.0982. The molecular weight excluding hydrogens is 294 g/mol. The highest BCUT2D eigenvalue weighted by molar-refractivity contribution is 6.00. The Balaban J connectivity index is 2.05. The van der Waals surface area contributed by atoms with Crippen LogP contribution in [0.2, 0.25) is 0 Å². The van der Waals surface area contributed by atoms with Crippen LogP contribution in [-0.2, 0) is 5.72 Å². The van der Waals surface area contributed by atoms with Crippen molar-refractivity contribution >= 4 is 11.6 Å². The second-order valence-corrected chi connectivity index (χ2v) is 5.38. The minimum Gasteiger partial charge on any atom is -0.507 e. The molecule has 1 unspecified atom stereocenters. The molecule has 23 heavy (non-hydrogen) atoms. The summed E-state index contributed by atoms with van der Waals surface area (Å²) in [5.41, 5.74) is -0.231. The van der Waals surface area contributed by atoms with Crippen molar-refractivity contribution in [1.82, 2.24) is 9.99 Å². The standard InChI is InChI=1S/C17H17N3O3/c1-2-13-11-17(23,12-7-9-18-10-8-12)20(19-13)16(22)14-5-3-4-6-15(14)21/h3-10,21,23H,2,11H2,1H3. The number of carbonyl (C=O) groups is 1. The van der Waals surface area contributed by atoms with Crippen LogP contribution in [0.4, 0.5) is 0 Å². The monoisotopic (exact) mass is 311 g/mol. The molecule has 0 spiro atoms. The number of pyridine rings is 1. The number of phenolic OH excluding ortho intramolecular Hbond substituents is 1. The molecule has 0 saturated carbocycles. The molecule has 1 amide bonds. The lowest BCUT2D eigenvalue weighted by Crippen LogP contribution is -2.43. The number of phenols is 1. The summed E-state index contributed by atoms with van der Waals surface area (Å²) in [5, 5.41) is 26.4. The fourth-order valence-electron chi connectivity index (χ4n) is 2.64. The Morgan fingerprint density at radius 1 is 1.26 bits per heavy atom. The van der Waals surface area contributed by atoms with E-state index in [1.807, 2.05) is 6.92 Å². The van der Waals surface area contributed by atoms with Crippen LogP contribution in [0.3, 0.4) is 0 Å². The van der Waals surface area contributed by atoms with Gasteiger partial charge in [-0.3, -0.25) is 9.78 Å². The van der Waals surface area contributed by atoms with Crippen LogP contribution in [0.15, 0.2) is 53.9 Å². The molecule has 1 aliphatic heterocycles. The molecular formula is C17H17N3O3. The number of benzene rings is 1. The maximum atomic E-state index is 12.8.